The first-order valence-electron chi connectivity index (χ1n) is 16.9. The summed E-state index contributed by atoms with van der Waals surface area (Å²) in [6.45, 7) is 11.6. The fourth-order valence-electron chi connectivity index (χ4n) is 6.75. The molecule has 4 atom stereocenters. The maximum absolute atomic E-state index is 14.4. The van der Waals surface area contributed by atoms with E-state index in [9.17, 15) is 19.5 Å². The predicted octanol–water partition coefficient (Wildman–Crippen LogP) is 8.02. The number of nitrogens with one attached hydrogen (secondary N) is 2. The molecule has 0 radical (unpaired) electrons. The maximum atomic E-state index is 14.4. The van der Waals surface area contributed by atoms with Gasteiger partial charge in [-0.2, -0.15) is 0 Å². The minimum Gasteiger partial charge on any atom is -0.490 e. The van der Waals surface area contributed by atoms with Crippen LogP contribution in [0, 0.1) is 39.5 Å². The van der Waals surface area contributed by atoms with Gasteiger partial charge in [0, 0.05) is 30.1 Å². The van der Waals surface area contributed by atoms with E-state index in [1.807, 2.05) is 101 Å². The van der Waals surface area contributed by atoms with Gasteiger partial charge in [-0.25, -0.2) is 0 Å². The van der Waals surface area contributed by atoms with E-state index in [-0.39, 0.29) is 6.42 Å². The number of hydrogen-bond acceptors (Lipinski definition) is 6. The fourth-order valence-corrected chi connectivity index (χ4v) is 7.33. The molecular formula is C41H45BrN2O6. The van der Waals surface area contributed by atoms with Crippen LogP contribution >= 0.6 is 15.9 Å². The Morgan fingerprint density at radius 2 is 1.46 bits per heavy atom. The molecule has 1 aliphatic carbocycles. The molecule has 3 N–H and O–H groups in total. The molecule has 4 aromatic carbocycles. The summed E-state index contributed by atoms with van der Waals surface area (Å²) >= 11 is 3.67. The lowest BCUT2D eigenvalue weighted by Crippen LogP contribution is -2.56. The molecule has 0 saturated heterocycles. The molecule has 2 amide bonds. The summed E-state index contributed by atoms with van der Waals surface area (Å²) in [4.78, 5) is 42.7. The van der Waals surface area contributed by atoms with Crippen LogP contribution in [0.5, 0.6) is 11.5 Å². The number of carbonyl (C=O) groups is 3. The summed E-state index contributed by atoms with van der Waals surface area (Å²) in [7, 11) is 0. The van der Waals surface area contributed by atoms with Crippen LogP contribution in [0.2, 0.25) is 0 Å². The minimum atomic E-state index is -1.78. The summed E-state index contributed by atoms with van der Waals surface area (Å²) < 4.78 is 12.8. The number of Topliss-reactive ketones (excluding diaryl/α,β-unsaturated/α-hetero) is 1. The van der Waals surface area contributed by atoms with Gasteiger partial charge in [0.2, 0.25) is 11.8 Å². The number of hydrogen-bond donors (Lipinski definition) is 3. The Labute approximate surface area is 302 Å². The number of anilines is 2. The van der Waals surface area contributed by atoms with Crippen LogP contribution in [0.1, 0.15) is 59.6 Å². The van der Waals surface area contributed by atoms with Crippen LogP contribution in [0.15, 0.2) is 83.3 Å². The summed E-state index contributed by atoms with van der Waals surface area (Å²) in [6.07, 6.45) is 0.293. The van der Waals surface area contributed by atoms with Gasteiger partial charge in [-0.15, -0.1) is 0 Å². The van der Waals surface area contributed by atoms with E-state index in [2.05, 4.69) is 26.6 Å². The van der Waals surface area contributed by atoms with E-state index < -0.39 is 41.0 Å². The molecular weight excluding hydrogens is 696 g/mol. The van der Waals surface area contributed by atoms with Gasteiger partial charge in [-0.05, 0) is 115 Å². The van der Waals surface area contributed by atoms with Gasteiger partial charge in [-0.1, -0.05) is 54.6 Å². The van der Waals surface area contributed by atoms with Crippen molar-refractivity contribution in [2.75, 3.05) is 23.8 Å². The Morgan fingerprint density at radius 3 is 2.06 bits per heavy atom. The number of amides is 2. The quantitative estimate of drug-likeness (QED) is 0.134. The Kier molecular flexibility index (Phi) is 11.5. The van der Waals surface area contributed by atoms with Crippen molar-refractivity contribution >= 4 is 44.9 Å². The Balaban J connectivity index is 1.60. The molecule has 5 rings (SSSR count). The van der Waals surface area contributed by atoms with Crippen LogP contribution in [0.4, 0.5) is 11.4 Å². The average Bonchev–Trinajstić information content (AvgIpc) is 3.05. The van der Waals surface area contributed by atoms with Crippen molar-refractivity contribution in [1.29, 1.82) is 0 Å². The highest BCUT2D eigenvalue weighted by Crippen LogP contribution is 2.49. The van der Waals surface area contributed by atoms with Gasteiger partial charge >= 0.3 is 0 Å². The molecule has 0 aliphatic heterocycles. The average molecular weight is 742 g/mol. The van der Waals surface area contributed by atoms with Crippen molar-refractivity contribution in [1.82, 2.24) is 0 Å². The van der Waals surface area contributed by atoms with Gasteiger partial charge in [0.25, 0.3) is 0 Å². The molecule has 0 aromatic heterocycles. The van der Waals surface area contributed by atoms with E-state index in [0.29, 0.717) is 52.5 Å². The first kappa shape index (κ1) is 36.8. The lowest BCUT2D eigenvalue weighted by Gasteiger charge is -2.44. The fraction of sp³-hybridized carbons (Fsp3) is 0.341. The monoisotopic (exact) mass is 740 g/mol. The zero-order valence-electron chi connectivity index (χ0n) is 29.4. The molecule has 0 bridgehead atoms. The molecule has 8 nitrogen and oxygen atoms in total. The number of ether oxygens (including phenoxy) is 2. The van der Waals surface area contributed by atoms with Crippen molar-refractivity contribution in [3.8, 4) is 11.5 Å². The Bertz CT molecular complexity index is 1890. The van der Waals surface area contributed by atoms with E-state index in [0.717, 1.165) is 27.8 Å². The number of benzene rings is 4. The van der Waals surface area contributed by atoms with E-state index >= 15 is 0 Å². The molecule has 9 heteroatoms. The second kappa shape index (κ2) is 15.6. The highest BCUT2D eigenvalue weighted by molar-refractivity contribution is 9.10. The first-order chi connectivity index (χ1) is 23.8. The standard InChI is InChI=1S/C41H45BrN2O6/c1-7-49-34-22-29(21-30(42)38(34)50-18-17-28-11-9-8-10-12-28)35-36(39(46)43-31-19-24(2)13-15-26(31)4)33(45)23-41(6,48)37(35)40(47)44-32-20-25(3)14-16-27(32)5/h8-16,19-22,35-37,48H,7,17-18,23H2,1-6H3,(H,43,46)(H,44,47). The van der Waals surface area contributed by atoms with E-state index in [1.165, 1.54) is 6.92 Å². The smallest absolute Gasteiger partial charge is 0.235 e. The minimum absolute atomic E-state index is 0.319. The van der Waals surface area contributed by atoms with Crippen LogP contribution in [-0.4, -0.2) is 41.5 Å². The zero-order valence-corrected chi connectivity index (χ0v) is 31.0. The highest BCUT2D eigenvalue weighted by atomic mass is 79.9. The number of ketones is 1. The van der Waals surface area contributed by atoms with Crippen molar-refractivity contribution in [2.24, 2.45) is 11.8 Å². The summed E-state index contributed by atoms with van der Waals surface area (Å²) in [5.74, 6) is -4.20. The van der Waals surface area contributed by atoms with E-state index in [4.69, 9.17) is 9.47 Å². The Morgan fingerprint density at radius 1 is 0.860 bits per heavy atom. The Hall–Kier alpha value is -4.47. The van der Waals surface area contributed by atoms with Crippen LogP contribution in [-0.2, 0) is 20.8 Å². The van der Waals surface area contributed by atoms with Gasteiger partial charge in [0.1, 0.15) is 11.7 Å². The number of aliphatic hydroxyl groups is 1. The van der Waals surface area contributed by atoms with Crippen molar-refractivity contribution < 1.29 is 29.0 Å². The van der Waals surface area contributed by atoms with Gasteiger partial charge in [0.05, 0.1) is 29.2 Å². The second-order valence-corrected chi connectivity index (χ2v) is 14.3. The van der Waals surface area contributed by atoms with Gasteiger partial charge in [-0.3, -0.25) is 14.4 Å². The maximum Gasteiger partial charge on any atom is 0.235 e. The lowest BCUT2D eigenvalue weighted by atomic mass is 9.61. The van der Waals surface area contributed by atoms with Crippen LogP contribution in [0.3, 0.4) is 0 Å². The van der Waals surface area contributed by atoms with Crippen molar-refractivity contribution in [3.63, 3.8) is 0 Å². The molecule has 1 aliphatic rings. The largest absolute Gasteiger partial charge is 0.490 e. The third-order valence-electron chi connectivity index (χ3n) is 9.33. The number of halogens is 1. The molecule has 4 unspecified atom stereocenters. The summed E-state index contributed by atoms with van der Waals surface area (Å²) in [6, 6.07) is 24.9. The van der Waals surface area contributed by atoms with Gasteiger partial charge < -0.3 is 25.2 Å². The topological polar surface area (TPSA) is 114 Å². The lowest BCUT2D eigenvalue weighted by molar-refractivity contribution is -0.150. The second-order valence-electron chi connectivity index (χ2n) is 13.4. The van der Waals surface area contributed by atoms with Crippen molar-refractivity contribution in [3.05, 3.63) is 117 Å². The molecule has 262 valence electrons. The number of carbonyl (C=O) groups excluding carboxylic acids is 3. The SMILES string of the molecule is CCOc1cc(C2C(C(=O)Nc3cc(C)ccc3C)C(=O)CC(C)(O)C2C(=O)Nc2cc(C)ccc2C)cc(Br)c1OCCc1ccccc1. The third kappa shape index (κ3) is 8.28. The summed E-state index contributed by atoms with van der Waals surface area (Å²) in [5.41, 5.74) is 4.56. The molecule has 1 saturated carbocycles. The molecule has 4 aromatic rings. The summed E-state index contributed by atoms with van der Waals surface area (Å²) in [5, 5.41) is 17.9. The molecule has 0 heterocycles. The molecule has 50 heavy (non-hydrogen) atoms. The molecule has 0 spiro atoms. The van der Waals surface area contributed by atoms with Crippen LogP contribution < -0.4 is 20.1 Å². The third-order valence-corrected chi connectivity index (χ3v) is 9.92. The zero-order chi connectivity index (χ0) is 36.2. The van der Waals surface area contributed by atoms with Crippen LogP contribution in [0.25, 0.3) is 0 Å². The predicted molar refractivity (Wildman–Crippen MR) is 200 cm³/mol. The first-order valence-corrected chi connectivity index (χ1v) is 17.7. The number of rotatable bonds is 11. The van der Waals surface area contributed by atoms with Crippen molar-refractivity contribution in [2.45, 2.75) is 65.9 Å². The van der Waals surface area contributed by atoms with E-state index in [1.54, 1.807) is 12.1 Å². The highest BCUT2D eigenvalue weighted by Gasteiger charge is 2.56. The number of aryl methyl sites for hydroxylation is 4. The normalized spacial score (nSPS) is 20.2. The molecule has 1 fully saturated rings. The van der Waals surface area contributed by atoms with Gasteiger partial charge in [0.15, 0.2) is 11.5 Å².